The van der Waals surface area contributed by atoms with Crippen LogP contribution in [0.15, 0.2) is 54.6 Å². The van der Waals surface area contributed by atoms with Gasteiger partial charge in [-0.15, -0.1) is 0 Å². The Balaban J connectivity index is 2.18. The molecule has 2 aromatic rings. The molecule has 22 heavy (non-hydrogen) atoms. The predicted octanol–water partition coefficient (Wildman–Crippen LogP) is 1.27. The maximum Gasteiger partial charge on any atom is 0.254 e. The van der Waals surface area contributed by atoms with Gasteiger partial charge in [0.25, 0.3) is 5.91 Å². The number of nitrogens with two attached hydrogens (primary N) is 1. The number of carbonyl (C=O) groups is 2. The molecule has 0 aliphatic rings. The van der Waals surface area contributed by atoms with Crippen molar-refractivity contribution < 1.29 is 14.7 Å². The maximum atomic E-state index is 12.3. The molecule has 0 atom stereocenters. The molecule has 0 saturated heterocycles. The minimum Gasteiger partial charge on any atom is -0.395 e. The largest absolute Gasteiger partial charge is 0.395 e. The fourth-order valence-corrected chi connectivity index (χ4v) is 2.18. The van der Waals surface area contributed by atoms with Crippen molar-refractivity contribution in [1.82, 2.24) is 4.90 Å². The summed E-state index contributed by atoms with van der Waals surface area (Å²) >= 11 is 0. The zero-order valence-electron chi connectivity index (χ0n) is 12.1. The van der Waals surface area contributed by atoms with E-state index in [0.717, 1.165) is 11.1 Å². The average molecular weight is 298 g/mol. The van der Waals surface area contributed by atoms with Gasteiger partial charge in [0.1, 0.15) is 0 Å². The molecule has 0 saturated carbocycles. The number of amides is 2. The second kappa shape index (κ2) is 7.38. The normalized spacial score (nSPS) is 10.2. The van der Waals surface area contributed by atoms with Crippen LogP contribution in [0.5, 0.6) is 0 Å². The molecule has 2 aromatic carbocycles. The summed E-state index contributed by atoms with van der Waals surface area (Å²) in [5.41, 5.74) is 7.64. The van der Waals surface area contributed by atoms with Crippen molar-refractivity contribution in [1.29, 1.82) is 0 Å². The van der Waals surface area contributed by atoms with Crippen LogP contribution in [0.2, 0.25) is 0 Å². The Morgan fingerprint density at radius 2 is 1.55 bits per heavy atom. The Morgan fingerprint density at radius 1 is 0.955 bits per heavy atom. The van der Waals surface area contributed by atoms with E-state index in [1.165, 1.54) is 4.90 Å². The highest BCUT2D eigenvalue weighted by Crippen LogP contribution is 2.19. The third-order valence-corrected chi connectivity index (χ3v) is 3.24. The second-order valence-corrected chi connectivity index (χ2v) is 4.86. The monoisotopic (exact) mass is 298 g/mol. The lowest BCUT2D eigenvalue weighted by atomic mass is 10.0. The van der Waals surface area contributed by atoms with Crippen molar-refractivity contribution in [3.8, 4) is 11.1 Å². The van der Waals surface area contributed by atoms with Crippen LogP contribution in [-0.4, -0.2) is 41.5 Å². The molecular formula is C17H18N2O3. The van der Waals surface area contributed by atoms with Crippen LogP contribution in [0.4, 0.5) is 0 Å². The number of rotatable bonds is 6. The summed E-state index contributed by atoms with van der Waals surface area (Å²) in [6, 6.07) is 16.9. The molecule has 3 N–H and O–H groups in total. The van der Waals surface area contributed by atoms with Crippen molar-refractivity contribution in [3.63, 3.8) is 0 Å². The molecule has 0 unspecified atom stereocenters. The Bertz CT molecular complexity index is 639. The molecule has 5 heteroatoms. The molecule has 2 amide bonds. The summed E-state index contributed by atoms with van der Waals surface area (Å²) in [5.74, 6) is -0.935. The van der Waals surface area contributed by atoms with E-state index in [-0.39, 0.29) is 25.6 Å². The van der Waals surface area contributed by atoms with E-state index in [4.69, 9.17) is 10.8 Å². The maximum absolute atomic E-state index is 12.3. The zero-order chi connectivity index (χ0) is 15.9. The van der Waals surface area contributed by atoms with E-state index < -0.39 is 5.91 Å². The Kier molecular flexibility index (Phi) is 5.27. The van der Waals surface area contributed by atoms with Crippen LogP contribution in [0, 0.1) is 0 Å². The molecule has 0 aliphatic carbocycles. The fraction of sp³-hybridized carbons (Fsp3) is 0.176. The van der Waals surface area contributed by atoms with Crippen LogP contribution in [-0.2, 0) is 4.79 Å². The van der Waals surface area contributed by atoms with Gasteiger partial charge in [-0.05, 0) is 23.3 Å². The summed E-state index contributed by atoms with van der Waals surface area (Å²) in [6.45, 7) is -0.358. The predicted molar refractivity (Wildman–Crippen MR) is 84.1 cm³/mol. The highest BCUT2D eigenvalue weighted by atomic mass is 16.3. The smallest absolute Gasteiger partial charge is 0.254 e. The van der Waals surface area contributed by atoms with E-state index in [1.54, 1.807) is 12.1 Å². The van der Waals surface area contributed by atoms with Crippen LogP contribution in [0.3, 0.4) is 0 Å². The van der Waals surface area contributed by atoms with E-state index in [0.29, 0.717) is 5.56 Å². The van der Waals surface area contributed by atoms with Crippen molar-refractivity contribution in [3.05, 3.63) is 60.2 Å². The highest BCUT2D eigenvalue weighted by molar-refractivity contribution is 5.96. The van der Waals surface area contributed by atoms with Crippen molar-refractivity contribution in [2.75, 3.05) is 19.7 Å². The summed E-state index contributed by atoms with van der Waals surface area (Å²) < 4.78 is 0. The van der Waals surface area contributed by atoms with Crippen molar-refractivity contribution >= 4 is 11.8 Å². The van der Waals surface area contributed by atoms with Gasteiger partial charge in [0.2, 0.25) is 5.91 Å². The van der Waals surface area contributed by atoms with Crippen LogP contribution in [0.25, 0.3) is 11.1 Å². The van der Waals surface area contributed by atoms with Gasteiger partial charge in [0.15, 0.2) is 0 Å². The Labute approximate surface area is 129 Å². The molecule has 114 valence electrons. The van der Waals surface area contributed by atoms with Crippen molar-refractivity contribution in [2.24, 2.45) is 5.73 Å². The van der Waals surface area contributed by atoms with Gasteiger partial charge in [-0.3, -0.25) is 9.59 Å². The summed E-state index contributed by atoms with van der Waals surface area (Å²) in [7, 11) is 0. The van der Waals surface area contributed by atoms with Gasteiger partial charge in [-0.1, -0.05) is 42.5 Å². The minimum atomic E-state index is -0.609. The number of hydrogen-bond donors (Lipinski definition) is 2. The topological polar surface area (TPSA) is 83.6 Å². The lowest BCUT2D eigenvalue weighted by Gasteiger charge is -2.20. The number of nitrogens with zero attached hydrogens (tertiary/aromatic N) is 1. The first kappa shape index (κ1) is 15.7. The second-order valence-electron chi connectivity index (χ2n) is 4.86. The SMILES string of the molecule is NC(=O)CN(CCO)C(=O)c1ccc(-c2ccccc2)cc1. The zero-order valence-corrected chi connectivity index (χ0v) is 12.1. The molecule has 2 rings (SSSR count). The third kappa shape index (κ3) is 3.93. The molecule has 0 fully saturated rings. The van der Waals surface area contributed by atoms with Gasteiger partial charge in [0.05, 0.1) is 13.2 Å². The summed E-state index contributed by atoms with van der Waals surface area (Å²) in [6.07, 6.45) is 0. The summed E-state index contributed by atoms with van der Waals surface area (Å²) in [5, 5.41) is 8.99. The van der Waals surface area contributed by atoms with Gasteiger partial charge in [0, 0.05) is 12.1 Å². The molecule has 0 radical (unpaired) electrons. The molecule has 5 nitrogen and oxygen atoms in total. The lowest BCUT2D eigenvalue weighted by Crippen LogP contribution is -2.40. The Morgan fingerprint density at radius 3 is 2.09 bits per heavy atom. The van der Waals surface area contributed by atoms with Gasteiger partial charge >= 0.3 is 0 Å². The van der Waals surface area contributed by atoms with Crippen molar-refractivity contribution in [2.45, 2.75) is 0 Å². The number of hydrogen-bond acceptors (Lipinski definition) is 3. The standard InChI is InChI=1S/C17H18N2O3/c18-16(21)12-19(10-11-20)17(22)15-8-6-14(7-9-15)13-4-2-1-3-5-13/h1-9,20H,10-12H2,(H2,18,21). The number of primary amides is 1. The van der Waals surface area contributed by atoms with Crippen LogP contribution >= 0.6 is 0 Å². The molecule has 0 aliphatic heterocycles. The van der Waals surface area contributed by atoms with Crippen LogP contribution in [0.1, 0.15) is 10.4 Å². The first-order valence-electron chi connectivity index (χ1n) is 6.95. The van der Waals surface area contributed by atoms with E-state index >= 15 is 0 Å². The quantitative estimate of drug-likeness (QED) is 0.842. The lowest BCUT2D eigenvalue weighted by molar-refractivity contribution is -0.118. The third-order valence-electron chi connectivity index (χ3n) is 3.24. The van der Waals surface area contributed by atoms with E-state index in [1.807, 2.05) is 42.5 Å². The first-order valence-corrected chi connectivity index (χ1v) is 6.95. The van der Waals surface area contributed by atoms with E-state index in [2.05, 4.69) is 0 Å². The summed E-state index contributed by atoms with van der Waals surface area (Å²) in [4.78, 5) is 24.6. The molecule has 0 spiro atoms. The van der Waals surface area contributed by atoms with Gasteiger partial charge < -0.3 is 15.7 Å². The molecular weight excluding hydrogens is 280 g/mol. The average Bonchev–Trinajstić information content (AvgIpc) is 2.54. The minimum absolute atomic E-state index is 0.0716. The van der Waals surface area contributed by atoms with Gasteiger partial charge in [-0.2, -0.15) is 0 Å². The fourth-order valence-electron chi connectivity index (χ4n) is 2.18. The number of aliphatic hydroxyl groups is 1. The van der Waals surface area contributed by atoms with Gasteiger partial charge in [-0.25, -0.2) is 0 Å². The Hall–Kier alpha value is -2.66. The highest BCUT2D eigenvalue weighted by Gasteiger charge is 2.17. The molecule has 0 aromatic heterocycles. The number of carbonyl (C=O) groups excluding carboxylic acids is 2. The van der Waals surface area contributed by atoms with Crippen LogP contribution < -0.4 is 5.73 Å². The van der Waals surface area contributed by atoms with E-state index in [9.17, 15) is 9.59 Å². The molecule has 0 heterocycles. The number of aliphatic hydroxyl groups excluding tert-OH is 1. The first-order chi connectivity index (χ1) is 10.6. The number of benzene rings is 2. The molecule has 0 bridgehead atoms.